The van der Waals surface area contributed by atoms with Gasteiger partial charge in [-0.3, -0.25) is 14.4 Å². The van der Waals surface area contributed by atoms with Crippen LogP contribution in [0, 0.1) is 18.6 Å². The number of aromatic nitrogens is 1. The lowest BCUT2D eigenvalue weighted by Gasteiger charge is -2.45. The first-order valence-corrected chi connectivity index (χ1v) is 10.6. The van der Waals surface area contributed by atoms with Crippen molar-refractivity contribution in [3.63, 3.8) is 0 Å². The molecule has 188 valence electrons. The van der Waals surface area contributed by atoms with E-state index in [0.29, 0.717) is 4.90 Å². The Morgan fingerprint density at radius 1 is 1.23 bits per heavy atom. The second-order valence-corrected chi connectivity index (χ2v) is 8.35. The molecule has 0 aliphatic carbocycles. The largest absolute Gasteiger partial charge is 0.503 e. The van der Waals surface area contributed by atoms with Crippen LogP contribution in [0.25, 0.3) is 0 Å². The molecule has 2 aliphatic heterocycles. The number of benzene rings is 1. The van der Waals surface area contributed by atoms with Crippen LogP contribution < -0.4 is 10.7 Å². The van der Waals surface area contributed by atoms with E-state index in [1.807, 2.05) is 0 Å². The van der Waals surface area contributed by atoms with Gasteiger partial charge in [-0.25, -0.2) is 8.78 Å². The van der Waals surface area contributed by atoms with E-state index >= 15 is 0 Å². The highest BCUT2D eigenvalue weighted by Gasteiger charge is 2.47. The van der Waals surface area contributed by atoms with Gasteiger partial charge in [-0.05, 0) is 19.4 Å². The number of alkyl halides is 3. The van der Waals surface area contributed by atoms with Crippen LogP contribution in [0.4, 0.5) is 22.0 Å². The van der Waals surface area contributed by atoms with Gasteiger partial charge in [-0.2, -0.15) is 13.2 Å². The fraction of sp³-hybridized carbons (Fsp3) is 0.409. The molecule has 0 spiro atoms. The number of carbonyl (C=O) groups excluding carboxylic acids is 2. The number of fused-ring (bicyclic) bond motifs is 3. The Kier molecular flexibility index (Phi) is 6.30. The van der Waals surface area contributed by atoms with E-state index in [0.717, 1.165) is 22.9 Å². The SMILES string of the molecule is Cc1c(F)ccc(CNC(=O)c2cn3c(c(O)c2=O)C(=O)N(CC(F)(F)F)[C@@H]2COCC[C@@H]23)c1F. The maximum Gasteiger partial charge on any atom is 0.406 e. The Hall–Kier alpha value is -3.48. The standard InChI is InChI=1S/C22H20F5N3O5/c1-10-13(23)3-2-11(16(10)24)6-28-20(33)12-7-29-14-4-5-35-8-15(14)30(9-22(25,26)27)21(34)17(29)19(32)18(12)31/h2-3,7,14-15,32H,4-6,8-9H2,1H3,(H,28,33)/t14-,15+/m0/s1. The number of hydrogen-bond donors (Lipinski definition) is 2. The molecule has 8 nitrogen and oxygen atoms in total. The molecule has 3 heterocycles. The number of ether oxygens (including phenoxy) is 1. The van der Waals surface area contributed by atoms with Crippen molar-refractivity contribution in [1.29, 1.82) is 0 Å². The summed E-state index contributed by atoms with van der Waals surface area (Å²) in [6, 6.07) is 0.298. The second-order valence-electron chi connectivity index (χ2n) is 8.35. The van der Waals surface area contributed by atoms with Crippen molar-refractivity contribution in [2.24, 2.45) is 0 Å². The van der Waals surface area contributed by atoms with Gasteiger partial charge in [0.1, 0.15) is 23.7 Å². The molecule has 13 heteroatoms. The number of pyridine rings is 1. The predicted molar refractivity (Wildman–Crippen MR) is 110 cm³/mol. The molecule has 1 fully saturated rings. The molecule has 1 aromatic heterocycles. The van der Waals surface area contributed by atoms with Crippen molar-refractivity contribution in [3.05, 3.63) is 62.6 Å². The minimum atomic E-state index is -4.73. The summed E-state index contributed by atoms with van der Waals surface area (Å²) in [5, 5.41) is 12.8. The Bertz CT molecular complexity index is 1260. The maximum absolute atomic E-state index is 14.2. The minimum Gasteiger partial charge on any atom is -0.503 e. The summed E-state index contributed by atoms with van der Waals surface area (Å²) in [5.74, 6) is -5.06. The Morgan fingerprint density at radius 2 is 1.94 bits per heavy atom. The average molecular weight is 501 g/mol. The molecule has 2 aliphatic rings. The van der Waals surface area contributed by atoms with Gasteiger partial charge in [0, 0.05) is 30.5 Å². The van der Waals surface area contributed by atoms with Crippen LogP contribution in [0.5, 0.6) is 5.75 Å². The molecule has 35 heavy (non-hydrogen) atoms. The Balaban J connectivity index is 1.69. The molecule has 4 rings (SSSR count). The number of nitrogens with one attached hydrogen (secondary N) is 1. The zero-order chi connectivity index (χ0) is 25.7. The highest BCUT2D eigenvalue weighted by molar-refractivity contribution is 5.99. The van der Waals surface area contributed by atoms with Gasteiger partial charge in [0.05, 0.1) is 18.7 Å². The van der Waals surface area contributed by atoms with E-state index in [2.05, 4.69) is 5.32 Å². The van der Waals surface area contributed by atoms with Gasteiger partial charge in [0.15, 0.2) is 11.4 Å². The average Bonchev–Trinajstić information content (AvgIpc) is 2.80. The summed E-state index contributed by atoms with van der Waals surface area (Å²) in [7, 11) is 0. The van der Waals surface area contributed by atoms with Gasteiger partial charge in [0.25, 0.3) is 11.8 Å². The van der Waals surface area contributed by atoms with E-state index in [9.17, 15) is 41.4 Å². The number of nitrogens with zero attached hydrogens (tertiary/aromatic N) is 2. The lowest BCUT2D eigenvalue weighted by molar-refractivity contribution is -0.153. The van der Waals surface area contributed by atoms with Crippen LogP contribution in [-0.2, 0) is 11.3 Å². The number of hydrogen-bond acceptors (Lipinski definition) is 5. The van der Waals surface area contributed by atoms with Crippen molar-refractivity contribution >= 4 is 11.8 Å². The van der Waals surface area contributed by atoms with Crippen LogP contribution in [0.2, 0.25) is 0 Å². The summed E-state index contributed by atoms with van der Waals surface area (Å²) < 4.78 is 73.5. The van der Waals surface area contributed by atoms with Gasteiger partial charge in [0.2, 0.25) is 5.43 Å². The molecule has 1 saturated heterocycles. The van der Waals surface area contributed by atoms with Crippen molar-refractivity contribution < 1.29 is 41.4 Å². The van der Waals surface area contributed by atoms with Crippen molar-refractivity contribution in [1.82, 2.24) is 14.8 Å². The van der Waals surface area contributed by atoms with E-state index < -0.39 is 77.2 Å². The third-order valence-corrected chi connectivity index (χ3v) is 6.16. The summed E-state index contributed by atoms with van der Waals surface area (Å²) >= 11 is 0. The number of carbonyl (C=O) groups is 2. The number of rotatable bonds is 4. The van der Waals surface area contributed by atoms with Gasteiger partial charge in [-0.15, -0.1) is 0 Å². The molecule has 0 unspecified atom stereocenters. The first-order valence-electron chi connectivity index (χ1n) is 10.6. The van der Waals surface area contributed by atoms with Crippen molar-refractivity contribution in [2.75, 3.05) is 19.8 Å². The zero-order valence-corrected chi connectivity index (χ0v) is 18.3. The molecule has 0 bridgehead atoms. The fourth-order valence-corrected chi connectivity index (χ4v) is 4.38. The molecular weight excluding hydrogens is 481 g/mol. The molecule has 2 atom stereocenters. The van der Waals surface area contributed by atoms with Crippen molar-refractivity contribution in [2.45, 2.75) is 38.1 Å². The summed E-state index contributed by atoms with van der Waals surface area (Å²) in [4.78, 5) is 38.8. The van der Waals surface area contributed by atoms with Gasteiger partial charge < -0.3 is 24.6 Å². The minimum absolute atomic E-state index is 0.0537. The third-order valence-electron chi connectivity index (χ3n) is 6.16. The van der Waals surface area contributed by atoms with Crippen LogP contribution in [0.15, 0.2) is 23.1 Å². The Labute approximate surface area is 194 Å². The topological polar surface area (TPSA) is 101 Å². The van der Waals surface area contributed by atoms with Gasteiger partial charge in [-0.1, -0.05) is 6.07 Å². The normalized spacial score (nSPS) is 19.8. The summed E-state index contributed by atoms with van der Waals surface area (Å²) in [6.45, 7) is -0.857. The lowest BCUT2D eigenvalue weighted by Crippen LogP contribution is -2.57. The maximum atomic E-state index is 14.2. The molecular formula is C22H20F5N3O5. The van der Waals surface area contributed by atoms with E-state index in [-0.39, 0.29) is 30.8 Å². The summed E-state index contributed by atoms with van der Waals surface area (Å²) in [6.07, 6.45) is -3.57. The Morgan fingerprint density at radius 3 is 2.63 bits per heavy atom. The van der Waals surface area contributed by atoms with Crippen LogP contribution in [0.1, 0.15) is 44.4 Å². The smallest absolute Gasteiger partial charge is 0.406 e. The van der Waals surface area contributed by atoms with E-state index in [1.54, 1.807) is 0 Å². The number of amides is 2. The van der Waals surface area contributed by atoms with Crippen LogP contribution in [0.3, 0.4) is 0 Å². The lowest BCUT2D eigenvalue weighted by atomic mass is 9.95. The zero-order valence-electron chi connectivity index (χ0n) is 18.3. The fourth-order valence-electron chi connectivity index (χ4n) is 4.38. The van der Waals surface area contributed by atoms with Gasteiger partial charge >= 0.3 is 6.18 Å². The van der Waals surface area contributed by atoms with Crippen molar-refractivity contribution in [3.8, 4) is 5.75 Å². The van der Waals surface area contributed by atoms with Crippen LogP contribution >= 0.6 is 0 Å². The first-order chi connectivity index (χ1) is 16.4. The van der Waals surface area contributed by atoms with E-state index in [4.69, 9.17) is 4.74 Å². The molecule has 0 radical (unpaired) electrons. The molecule has 1 aromatic carbocycles. The highest BCUT2D eigenvalue weighted by Crippen LogP contribution is 2.36. The number of halogens is 5. The first kappa shape index (κ1) is 24.6. The quantitative estimate of drug-likeness (QED) is 0.627. The second kappa shape index (κ2) is 8.95. The van der Waals surface area contributed by atoms with Crippen LogP contribution in [-0.4, -0.2) is 58.4 Å². The third kappa shape index (κ3) is 4.47. The molecule has 2 N–H and O–H groups in total. The monoisotopic (exact) mass is 501 g/mol. The molecule has 2 aromatic rings. The molecule has 0 saturated carbocycles. The highest BCUT2D eigenvalue weighted by atomic mass is 19.4. The summed E-state index contributed by atoms with van der Waals surface area (Å²) in [5.41, 5.74) is -2.82. The van der Waals surface area contributed by atoms with E-state index in [1.165, 1.54) is 6.92 Å². The molecule has 2 amide bonds. The number of aromatic hydroxyl groups is 1. The predicted octanol–water partition coefficient (Wildman–Crippen LogP) is 2.42.